The summed E-state index contributed by atoms with van der Waals surface area (Å²) in [5.41, 5.74) is 2.14. The first kappa shape index (κ1) is 13.5. The van der Waals surface area contributed by atoms with Gasteiger partial charge < -0.3 is 5.32 Å². The second-order valence-corrected chi connectivity index (χ2v) is 4.26. The lowest BCUT2D eigenvalue weighted by Gasteiger charge is -2.08. The summed E-state index contributed by atoms with van der Waals surface area (Å²) in [6, 6.07) is 3.28. The molecule has 0 amide bonds. The van der Waals surface area contributed by atoms with Crippen molar-refractivity contribution in [1.82, 2.24) is 10.3 Å². The minimum atomic E-state index is -1.17. The third-order valence-corrected chi connectivity index (χ3v) is 2.86. The molecular formula is C14H13F3N2. The minimum absolute atomic E-state index is 0.102. The molecule has 19 heavy (non-hydrogen) atoms. The van der Waals surface area contributed by atoms with Crippen LogP contribution in [0.4, 0.5) is 13.2 Å². The molecule has 0 radical (unpaired) electrons. The molecule has 1 aromatic carbocycles. The molecule has 0 fully saturated rings. The molecule has 0 aliphatic carbocycles. The highest BCUT2D eigenvalue weighted by molar-refractivity contribution is 5.22. The third kappa shape index (κ3) is 3.32. The van der Waals surface area contributed by atoms with E-state index in [-0.39, 0.29) is 12.1 Å². The number of aryl methyl sites for hydroxylation is 1. The van der Waals surface area contributed by atoms with Crippen molar-refractivity contribution in [2.24, 2.45) is 0 Å². The number of halogens is 3. The van der Waals surface area contributed by atoms with Crippen molar-refractivity contribution in [3.63, 3.8) is 0 Å². The van der Waals surface area contributed by atoms with Crippen molar-refractivity contribution in [2.45, 2.75) is 20.0 Å². The summed E-state index contributed by atoms with van der Waals surface area (Å²) in [5.74, 6) is -2.97. The van der Waals surface area contributed by atoms with Gasteiger partial charge in [0, 0.05) is 37.1 Å². The Hall–Kier alpha value is -1.88. The third-order valence-electron chi connectivity index (χ3n) is 2.86. The first-order chi connectivity index (χ1) is 9.08. The predicted molar refractivity (Wildman–Crippen MR) is 65.8 cm³/mol. The number of nitrogens with zero attached hydrogens (tertiary/aromatic N) is 1. The van der Waals surface area contributed by atoms with E-state index < -0.39 is 17.5 Å². The smallest absolute Gasteiger partial charge is 0.161 e. The van der Waals surface area contributed by atoms with Crippen molar-refractivity contribution in [3.05, 3.63) is 64.7 Å². The Morgan fingerprint density at radius 1 is 1.00 bits per heavy atom. The van der Waals surface area contributed by atoms with Crippen molar-refractivity contribution in [3.8, 4) is 0 Å². The number of hydrogen-bond donors (Lipinski definition) is 1. The molecule has 2 rings (SSSR count). The van der Waals surface area contributed by atoms with Gasteiger partial charge in [-0.15, -0.1) is 0 Å². The van der Waals surface area contributed by atoms with Gasteiger partial charge in [-0.1, -0.05) is 0 Å². The van der Waals surface area contributed by atoms with Crippen LogP contribution < -0.4 is 5.32 Å². The summed E-state index contributed by atoms with van der Waals surface area (Å²) < 4.78 is 39.1. The topological polar surface area (TPSA) is 24.9 Å². The van der Waals surface area contributed by atoms with Crippen LogP contribution in [0.1, 0.15) is 16.7 Å². The van der Waals surface area contributed by atoms with E-state index in [9.17, 15) is 13.2 Å². The van der Waals surface area contributed by atoms with E-state index in [4.69, 9.17) is 0 Å². The molecule has 1 N–H and O–H groups in total. The zero-order valence-corrected chi connectivity index (χ0v) is 10.4. The normalized spacial score (nSPS) is 10.7. The molecule has 0 bridgehead atoms. The highest BCUT2D eigenvalue weighted by Gasteiger charge is 2.09. The quantitative estimate of drug-likeness (QED) is 0.860. The van der Waals surface area contributed by atoms with Gasteiger partial charge in [-0.25, -0.2) is 13.2 Å². The lowest BCUT2D eigenvalue weighted by molar-refractivity contribution is 0.486. The van der Waals surface area contributed by atoms with Gasteiger partial charge in [0.1, 0.15) is 5.82 Å². The molecule has 0 aliphatic heterocycles. The highest BCUT2D eigenvalue weighted by Crippen LogP contribution is 2.14. The maximum Gasteiger partial charge on any atom is 0.161 e. The fourth-order valence-corrected chi connectivity index (χ4v) is 1.73. The Morgan fingerprint density at radius 2 is 1.68 bits per heavy atom. The Morgan fingerprint density at radius 3 is 2.42 bits per heavy atom. The van der Waals surface area contributed by atoms with E-state index in [0.717, 1.165) is 17.2 Å². The van der Waals surface area contributed by atoms with Crippen LogP contribution in [0.3, 0.4) is 0 Å². The van der Waals surface area contributed by atoms with Crippen molar-refractivity contribution in [2.75, 3.05) is 0 Å². The summed E-state index contributed by atoms with van der Waals surface area (Å²) >= 11 is 0. The van der Waals surface area contributed by atoms with Crippen LogP contribution in [0.2, 0.25) is 0 Å². The van der Waals surface area contributed by atoms with E-state index in [0.29, 0.717) is 12.6 Å². The number of hydrogen-bond acceptors (Lipinski definition) is 2. The largest absolute Gasteiger partial charge is 0.308 e. The summed E-state index contributed by atoms with van der Waals surface area (Å²) in [7, 11) is 0. The molecule has 0 saturated carbocycles. The average Bonchev–Trinajstić information content (AvgIpc) is 2.38. The van der Waals surface area contributed by atoms with Crippen molar-refractivity contribution >= 4 is 0 Å². The van der Waals surface area contributed by atoms with Gasteiger partial charge in [-0.05, 0) is 30.2 Å². The predicted octanol–water partition coefficient (Wildman–Crippen LogP) is 3.10. The van der Waals surface area contributed by atoms with Crippen molar-refractivity contribution in [1.29, 1.82) is 0 Å². The molecule has 100 valence electrons. The maximum absolute atomic E-state index is 13.4. The van der Waals surface area contributed by atoms with Crippen LogP contribution in [0.25, 0.3) is 0 Å². The number of aromatic nitrogens is 1. The first-order valence-corrected chi connectivity index (χ1v) is 5.81. The fourth-order valence-electron chi connectivity index (χ4n) is 1.73. The van der Waals surface area contributed by atoms with Gasteiger partial charge in [0.05, 0.1) is 0 Å². The Balaban J connectivity index is 2.00. The molecular weight excluding hydrogens is 253 g/mol. The molecule has 2 aromatic rings. The molecule has 0 saturated heterocycles. The standard InChI is InChI=1S/C14H13F3N2/c1-9-6-18-3-2-10(9)7-19-8-11-4-13(16)14(17)5-12(11)15/h2-6,19H,7-8H2,1H3. The van der Waals surface area contributed by atoms with Gasteiger partial charge in [0.2, 0.25) is 0 Å². The Labute approximate surface area is 109 Å². The molecule has 0 aliphatic rings. The molecule has 1 aromatic heterocycles. The van der Waals surface area contributed by atoms with E-state index in [1.807, 2.05) is 13.0 Å². The molecule has 0 unspecified atom stereocenters. The van der Waals surface area contributed by atoms with E-state index >= 15 is 0 Å². The lowest BCUT2D eigenvalue weighted by atomic mass is 10.1. The van der Waals surface area contributed by atoms with E-state index in [1.54, 1.807) is 12.4 Å². The van der Waals surface area contributed by atoms with Gasteiger partial charge in [0.15, 0.2) is 11.6 Å². The fraction of sp³-hybridized carbons (Fsp3) is 0.214. The highest BCUT2D eigenvalue weighted by atomic mass is 19.2. The van der Waals surface area contributed by atoms with E-state index in [1.165, 1.54) is 0 Å². The molecule has 2 nitrogen and oxygen atoms in total. The van der Waals surface area contributed by atoms with Crippen LogP contribution in [-0.2, 0) is 13.1 Å². The number of benzene rings is 1. The monoisotopic (exact) mass is 266 g/mol. The van der Waals surface area contributed by atoms with Crippen LogP contribution in [0.5, 0.6) is 0 Å². The zero-order chi connectivity index (χ0) is 13.8. The Kier molecular flexibility index (Phi) is 4.16. The molecule has 0 atom stereocenters. The zero-order valence-electron chi connectivity index (χ0n) is 10.4. The van der Waals surface area contributed by atoms with Gasteiger partial charge in [0.25, 0.3) is 0 Å². The first-order valence-electron chi connectivity index (χ1n) is 5.81. The van der Waals surface area contributed by atoms with Gasteiger partial charge in [-0.2, -0.15) is 0 Å². The number of rotatable bonds is 4. The Bertz CT molecular complexity index is 585. The summed E-state index contributed by atoms with van der Waals surface area (Å²) in [6.07, 6.45) is 3.40. The second kappa shape index (κ2) is 5.84. The summed E-state index contributed by atoms with van der Waals surface area (Å²) in [5, 5.41) is 2.99. The van der Waals surface area contributed by atoms with Gasteiger partial charge in [-0.3, -0.25) is 4.98 Å². The maximum atomic E-state index is 13.4. The average molecular weight is 266 g/mol. The number of nitrogens with one attached hydrogen (secondary N) is 1. The summed E-state index contributed by atoms with van der Waals surface area (Å²) in [6.45, 7) is 2.56. The second-order valence-electron chi connectivity index (χ2n) is 4.26. The molecule has 0 spiro atoms. The summed E-state index contributed by atoms with van der Waals surface area (Å²) in [4.78, 5) is 3.97. The SMILES string of the molecule is Cc1cnccc1CNCc1cc(F)c(F)cc1F. The van der Waals surface area contributed by atoms with Gasteiger partial charge >= 0.3 is 0 Å². The van der Waals surface area contributed by atoms with Crippen LogP contribution in [0.15, 0.2) is 30.6 Å². The number of pyridine rings is 1. The van der Waals surface area contributed by atoms with Crippen LogP contribution >= 0.6 is 0 Å². The van der Waals surface area contributed by atoms with E-state index in [2.05, 4.69) is 10.3 Å². The van der Waals surface area contributed by atoms with Crippen LogP contribution in [0, 0.1) is 24.4 Å². The minimum Gasteiger partial charge on any atom is -0.308 e. The molecule has 1 heterocycles. The lowest BCUT2D eigenvalue weighted by Crippen LogP contribution is -2.15. The van der Waals surface area contributed by atoms with Crippen LogP contribution in [-0.4, -0.2) is 4.98 Å². The molecule has 5 heteroatoms. The van der Waals surface area contributed by atoms with Crippen molar-refractivity contribution < 1.29 is 13.2 Å².